The number of carbonyl (C=O) groups is 1. The summed E-state index contributed by atoms with van der Waals surface area (Å²) < 4.78 is 5.45. The van der Waals surface area contributed by atoms with E-state index in [1.54, 1.807) is 6.92 Å². The van der Waals surface area contributed by atoms with E-state index < -0.39 is 0 Å². The molecule has 2 saturated heterocycles. The van der Waals surface area contributed by atoms with Crippen molar-refractivity contribution in [2.75, 3.05) is 63.9 Å². The highest BCUT2D eigenvalue weighted by atomic mass is 127. The molecule has 0 aliphatic carbocycles. The van der Waals surface area contributed by atoms with Gasteiger partial charge in [-0.1, -0.05) is 6.07 Å². The van der Waals surface area contributed by atoms with Crippen molar-refractivity contribution in [2.24, 2.45) is 4.99 Å². The molecule has 0 aromatic carbocycles. The number of hydrogen-bond acceptors (Lipinski definition) is 5. The lowest BCUT2D eigenvalue weighted by Crippen LogP contribution is -2.53. The Bertz CT molecular complexity index is 658. The van der Waals surface area contributed by atoms with Crippen molar-refractivity contribution < 1.29 is 9.53 Å². The number of nitrogens with one attached hydrogen (secondary N) is 1. The summed E-state index contributed by atoms with van der Waals surface area (Å²) in [6.07, 6.45) is 1.84. The van der Waals surface area contributed by atoms with Crippen molar-refractivity contribution in [2.45, 2.75) is 20.4 Å². The molecule has 1 N–H and O–H groups in total. The second-order valence-electron chi connectivity index (χ2n) is 6.75. The third kappa shape index (κ3) is 5.94. The van der Waals surface area contributed by atoms with Crippen LogP contribution in [0.25, 0.3) is 0 Å². The molecule has 2 aliphatic rings. The van der Waals surface area contributed by atoms with Crippen LogP contribution in [0, 0.1) is 0 Å². The summed E-state index contributed by atoms with van der Waals surface area (Å²) in [7, 11) is 0. The number of ether oxygens (including phenoxy) is 1. The SMILES string of the molecule is CCNC(=NCc1cccnc1N1CCOCC1)N1CCN(C(C)=O)CC1.I. The van der Waals surface area contributed by atoms with Crippen LogP contribution >= 0.6 is 24.0 Å². The van der Waals surface area contributed by atoms with Crippen LogP contribution in [-0.4, -0.2) is 85.7 Å². The number of guanidine groups is 1. The molecule has 0 radical (unpaired) electrons. The van der Waals surface area contributed by atoms with Crippen LogP contribution in [0.3, 0.4) is 0 Å². The molecule has 156 valence electrons. The van der Waals surface area contributed by atoms with E-state index in [-0.39, 0.29) is 29.9 Å². The molecule has 0 bridgehead atoms. The average molecular weight is 502 g/mol. The molecule has 2 aliphatic heterocycles. The van der Waals surface area contributed by atoms with E-state index >= 15 is 0 Å². The maximum atomic E-state index is 11.5. The molecule has 2 fully saturated rings. The smallest absolute Gasteiger partial charge is 0.219 e. The molecule has 1 aromatic heterocycles. The number of aromatic nitrogens is 1. The molecule has 3 rings (SSSR count). The molecule has 0 unspecified atom stereocenters. The molecule has 0 saturated carbocycles. The molecule has 0 atom stereocenters. The quantitative estimate of drug-likeness (QED) is 0.379. The standard InChI is InChI=1S/C19H30N6O2.HI/c1-3-20-19(25-9-7-23(8-10-25)16(2)26)22-15-17-5-4-6-21-18(17)24-11-13-27-14-12-24;/h4-6H,3,7-15H2,1-2H3,(H,20,22);1H. The highest BCUT2D eigenvalue weighted by molar-refractivity contribution is 14.0. The fraction of sp³-hybridized carbons (Fsp3) is 0.632. The van der Waals surface area contributed by atoms with Gasteiger partial charge in [-0.2, -0.15) is 0 Å². The Morgan fingerprint density at radius 1 is 1.18 bits per heavy atom. The number of rotatable bonds is 4. The number of pyridine rings is 1. The Hall–Kier alpha value is -1.62. The molecular weight excluding hydrogens is 471 g/mol. The molecular formula is C19H31IN6O2. The second kappa shape index (κ2) is 11.4. The first-order valence-electron chi connectivity index (χ1n) is 9.74. The van der Waals surface area contributed by atoms with Gasteiger partial charge in [0.2, 0.25) is 5.91 Å². The lowest BCUT2D eigenvalue weighted by Gasteiger charge is -2.36. The van der Waals surface area contributed by atoms with Gasteiger partial charge in [-0.3, -0.25) is 4.79 Å². The predicted molar refractivity (Wildman–Crippen MR) is 121 cm³/mol. The highest BCUT2D eigenvalue weighted by Gasteiger charge is 2.21. The topological polar surface area (TPSA) is 73.3 Å². The monoisotopic (exact) mass is 502 g/mol. The number of morpholine rings is 1. The van der Waals surface area contributed by atoms with Crippen LogP contribution < -0.4 is 10.2 Å². The third-order valence-electron chi connectivity index (χ3n) is 4.94. The van der Waals surface area contributed by atoms with Gasteiger partial charge in [0.25, 0.3) is 0 Å². The van der Waals surface area contributed by atoms with Gasteiger partial charge >= 0.3 is 0 Å². The minimum Gasteiger partial charge on any atom is -0.378 e. The Morgan fingerprint density at radius 2 is 1.86 bits per heavy atom. The molecule has 28 heavy (non-hydrogen) atoms. The van der Waals surface area contributed by atoms with Gasteiger partial charge in [-0.05, 0) is 13.0 Å². The zero-order valence-corrected chi connectivity index (χ0v) is 19.1. The zero-order chi connectivity index (χ0) is 19.1. The summed E-state index contributed by atoms with van der Waals surface area (Å²) in [5.41, 5.74) is 1.12. The number of hydrogen-bond donors (Lipinski definition) is 1. The van der Waals surface area contributed by atoms with E-state index in [2.05, 4.69) is 33.1 Å². The number of carbonyl (C=O) groups excluding carboxylic acids is 1. The second-order valence-corrected chi connectivity index (χ2v) is 6.75. The lowest BCUT2D eigenvalue weighted by atomic mass is 10.2. The maximum Gasteiger partial charge on any atom is 0.219 e. The Balaban J connectivity index is 0.00000280. The van der Waals surface area contributed by atoms with Crippen LogP contribution in [0.1, 0.15) is 19.4 Å². The molecule has 3 heterocycles. The van der Waals surface area contributed by atoms with Crippen molar-refractivity contribution in [3.8, 4) is 0 Å². The van der Waals surface area contributed by atoms with E-state index in [1.165, 1.54) is 0 Å². The van der Waals surface area contributed by atoms with Crippen LogP contribution in [0.2, 0.25) is 0 Å². The normalized spacial score (nSPS) is 17.9. The summed E-state index contributed by atoms with van der Waals surface area (Å²) in [5.74, 6) is 2.04. The third-order valence-corrected chi connectivity index (χ3v) is 4.94. The van der Waals surface area contributed by atoms with Gasteiger partial charge in [-0.15, -0.1) is 24.0 Å². The largest absolute Gasteiger partial charge is 0.378 e. The van der Waals surface area contributed by atoms with Crippen LogP contribution in [-0.2, 0) is 16.1 Å². The minimum absolute atomic E-state index is 0. The number of aliphatic imine (C=N–C) groups is 1. The van der Waals surface area contributed by atoms with Gasteiger partial charge < -0.3 is 24.8 Å². The predicted octanol–water partition coefficient (Wildman–Crippen LogP) is 1.17. The summed E-state index contributed by atoms with van der Waals surface area (Å²) in [6, 6.07) is 4.06. The number of nitrogens with zero attached hydrogens (tertiary/aromatic N) is 5. The Labute approximate surface area is 184 Å². The molecule has 9 heteroatoms. The van der Waals surface area contributed by atoms with Crippen molar-refractivity contribution in [1.29, 1.82) is 0 Å². The first-order chi connectivity index (χ1) is 13.2. The molecule has 0 spiro atoms. The van der Waals surface area contributed by atoms with E-state index in [9.17, 15) is 4.79 Å². The molecule has 1 amide bonds. The van der Waals surface area contributed by atoms with Crippen molar-refractivity contribution in [1.82, 2.24) is 20.1 Å². The average Bonchev–Trinajstić information content (AvgIpc) is 2.72. The van der Waals surface area contributed by atoms with E-state index in [1.807, 2.05) is 17.2 Å². The van der Waals surface area contributed by atoms with Crippen molar-refractivity contribution in [3.63, 3.8) is 0 Å². The van der Waals surface area contributed by atoms with Gasteiger partial charge in [-0.25, -0.2) is 9.98 Å². The fourth-order valence-corrected chi connectivity index (χ4v) is 3.43. The van der Waals surface area contributed by atoms with Crippen molar-refractivity contribution in [3.05, 3.63) is 23.9 Å². The first kappa shape index (κ1) is 22.7. The minimum atomic E-state index is 0. The summed E-state index contributed by atoms with van der Waals surface area (Å²) in [5, 5.41) is 3.38. The van der Waals surface area contributed by atoms with E-state index in [0.29, 0.717) is 6.54 Å². The Kier molecular flexibility index (Phi) is 9.23. The zero-order valence-electron chi connectivity index (χ0n) is 16.8. The van der Waals surface area contributed by atoms with Crippen LogP contribution in [0.4, 0.5) is 5.82 Å². The van der Waals surface area contributed by atoms with Gasteiger partial charge in [0.1, 0.15) is 5.82 Å². The summed E-state index contributed by atoms with van der Waals surface area (Å²) in [4.78, 5) is 27.4. The maximum absolute atomic E-state index is 11.5. The Morgan fingerprint density at radius 3 is 2.50 bits per heavy atom. The van der Waals surface area contributed by atoms with Gasteiger partial charge in [0, 0.05) is 64.5 Å². The summed E-state index contributed by atoms with van der Waals surface area (Å²) in [6.45, 7) is 11.4. The lowest BCUT2D eigenvalue weighted by molar-refractivity contribution is -0.130. The van der Waals surface area contributed by atoms with Crippen molar-refractivity contribution >= 4 is 41.7 Å². The number of amides is 1. The summed E-state index contributed by atoms with van der Waals surface area (Å²) >= 11 is 0. The van der Waals surface area contributed by atoms with E-state index in [4.69, 9.17) is 9.73 Å². The number of anilines is 1. The number of halogens is 1. The van der Waals surface area contributed by atoms with E-state index in [0.717, 1.165) is 76.4 Å². The molecule has 8 nitrogen and oxygen atoms in total. The van der Waals surface area contributed by atoms with Crippen LogP contribution in [0.5, 0.6) is 0 Å². The van der Waals surface area contributed by atoms with Gasteiger partial charge in [0.15, 0.2) is 5.96 Å². The van der Waals surface area contributed by atoms with Crippen LogP contribution in [0.15, 0.2) is 23.3 Å². The van der Waals surface area contributed by atoms with Gasteiger partial charge in [0.05, 0.1) is 19.8 Å². The molecule has 1 aromatic rings. The fourth-order valence-electron chi connectivity index (χ4n) is 3.43. The number of piperazine rings is 1. The highest BCUT2D eigenvalue weighted by Crippen LogP contribution is 2.19. The first-order valence-corrected chi connectivity index (χ1v) is 9.74.